The summed E-state index contributed by atoms with van der Waals surface area (Å²) in [6, 6.07) is 7.94. The molecule has 0 radical (unpaired) electrons. The van der Waals surface area contributed by atoms with Crippen LogP contribution in [-0.2, 0) is 4.79 Å². The molecule has 1 aromatic carbocycles. The van der Waals surface area contributed by atoms with E-state index >= 15 is 0 Å². The Labute approximate surface area is 172 Å². The Morgan fingerprint density at radius 2 is 1.76 bits per heavy atom. The monoisotopic (exact) mass is 394 g/mol. The largest absolute Gasteiger partial charge is 0.437 e. The summed E-state index contributed by atoms with van der Waals surface area (Å²) >= 11 is 0. The van der Waals surface area contributed by atoms with E-state index in [1.807, 2.05) is 24.3 Å². The number of ether oxygens (including phenoxy) is 1. The van der Waals surface area contributed by atoms with Crippen molar-refractivity contribution in [2.24, 2.45) is 5.92 Å². The average molecular weight is 395 g/mol. The Hall–Kier alpha value is -2.47. The molecule has 2 aromatic rings. The van der Waals surface area contributed by atoms with Crippen molar-refractivity contribution in [1.82, 2.24) is 19.8 Å². The Morgan fingerprint density at radius 1 is 1.03 bits per heavy atom. The summed E-state index contributed by atoms with van der Waals surface area (Å²) in [4.78, 5) is 26.5. The lowest BCUT2D eigenvalue weighted by Crippen LogP contribution is -2.45. The van der Waals surface area contributed by atoms with Crippen molar-refractivity contribution >= 4 is 5.91 Å². The summed E-state index contributed by atoms with van der Waals surface area (Å²) in [5.41, 5.74) is 2.04. The molecule has 2 aliphatic heterocycles. The molecular weight excluding hydrogens is 364 g/mol. The van der Waals surface area contributed by atoms with Crippen molar-refractivity contribution in [3.8, 4) is 11.6 Å². The van der Waals surface area contributed by atoms with Crippen molar-refractivity contribution in [3.05, 3.63) is 47.9 Å². The van der Waals surface area contributed by atoms with Crippen LogP contribution in [0, 0.1) is 12.8 Å². The van der Waals surface area contributed by atoms with Crippen LogP contribution in [0.15, 0.2) is 36.7 Å². The minimum absolute atomic E-state index is 0.160. The number of aryl methyl sites for hydroxylation is 1. The van der Waals surface area contributed by atoms with E-state index in [0.717, 1.165) is 56.8 Å². The predicted octanol–water partition coefficient (Wildman–Crippen LogP) is 3.63. The van der Waals surface area contributed by atoms with Crippen LogP contribution in [0.2, 0.25) is 0 Å². The van der Waals surface area contributed by atoms with Gasteiger partial charge in [-0.05, 0) is 64.9 Å². The quantitative estimate of drug-likeness (QED) is 0.793. The van der Waals surface area contributed by atoms with Gasteiger partial charge in [-0.1, -0.05) is 17.7 Å². The van der Waals surface area contributed by atoms with Crippen LogP contribution >= 0.6 is 0 Å². The van der Waals surface area contributed by atoms with Gasteiger partial charge in [-0.3, -0.25) is 9.78 Å². The van der Waals surface area contributed by atoms with Gasteiger partial charge in [-0.2, -0.15) is 0 Å². The maximum Gasteiger partial charge on any atom is 0.241 e. The lowest BCUT2D eigenvalue weighted by atomic mass is 9.91. The summed E-state index contributed by atoms with van der Waals surface area (Å²) in [7, 11) is 2.13. The first-order valence-electron chi connectivity index (χ1n) is 10.6. The predicted molar refractivity (Wildman–Crippen MR) is 112 cm³/mol. The number of nitrogens with zero attached hydrogens (tertiary/aromatic N) is 4. The minimum Gasteiger partial charge on any atom is -0.437 e. The van der Waals surface area contributed by atoms with E-state index in [-0.39, 0.29) is 11.8 Å². The first-order chi connectivity index (χ1) is 14.1. The third-order valence-electron chi connectivity index (χ3n) is 6.11. The van der Waals surface area contributed by atoms with Crippen LogP contribution in [0.3, 0.4) is 0 Å². The Morgan fingerprint density at radius 3 is 2.52 bits per heavy atom. The van der Waals surface area contributed by atoms with Gasteiger partial charge in [0, 0.05) is 37.3 Å². The van der Waals surface area contributed by atoms with Gasteiger partial charge in [0.25, 0.3) is 0 Å². The van der Waals surface area contributed by atoms with Crippen molar-refractivity contribution in [2.75, 3.05) is 33.2 Å². The van der Waals surface area contributed by atoms with Gasteiger partial charge >= 0.3 is 0 Å². The van der Waals surface area contributed by atoms with Gasteiger partial charge in [-0.15, -0.1) is 0 Å². The molecule has 29 heavy (non-hydrogen) atoms. The highest BCUT2D eigenvalue weighted by molar-refractivity contribution is 5.79. The van der Waals surface area contributed by atoms with E-state index in [4.69, 9.17) is 4.74 Å². The summed E-state index contributed by atoms with van der Waals surface area (Å²) in [6.07, 6.45) is 7.29. The zero-order valence-corrected chi connectivity index (χ0v) is 17.4. The zero-order valence-electron chi connectivity index (χ0n) is 17.4. The number of carbonyl (C=O) groups excluding carboxylic acids is 1. The second-order valence-electron chi connectivity index (χ2n) is 8.36. The van der Waals surface area contributed by atoms with E-state index in [1.165, 1.54) is 5.56 Å². The molecule has 1 amide bonds. The van der Waals surface area contributed by atoms with E-state index in [2.05, 4.69) is 33.7 Å². The minimum atomic E-state index is 0.160. The molecule has 0 unspecified atom stereocenters. The summed E-state index contributed by atoms with van der Waals surface area (Å²) in [6.45, 7) is 5.61. The number of piperidine rings is 2. The molecular formula is C23H30N4O2. The number of likely N-dealkylation sites (tertiary alicyclic amines) is 2. The molecule has 0 aliphatic carbocycles. The van der Waals surface area contributed by atoms with Gasteiger partial charge in [0.1, 0.15) is 11.4 Å². The number of hydrogen-bond acceptors (Lipinski definition) is 5. The maximum absolute atomic E-state index is 13.1. The molecule has 1 atom stereocenters. The Bertz CT molecular complexity index is 831. The highest BCUT2D eigenvalue weighted by Gasteiger charge is 2.32. The smallest absolute Gasteiger partial charge is 0.241 e. The van der Waals surface area contributed by atoms with E-state index in [1.54, 1.807) is 12.4 Å². The molecule has 0 bridgehead atoms. The first kappa shape index (κ1) is 19.8. The highest BCUT2D eigenvalue weighted by Crippen LogP contribution is 2.33. The fraction of sp³-hybridized carbons (Fsp3) is 0.522. The second kappa shape index (κ2) is 8.91. The highest BCUT2D eigenvalue weighted by atomic mass is 16.5. The van der Waals surface area contributed by atoms with Crippen LogP contribution in [0.25, 0.3) is 0 Å². The van der Waals surface area contributed by atoms with Crippen LogP contribution < -0.4 is 4.74 Å². The van der Waals surface area contributed by atoms with Crippen LogP contribution in [0.1, 0.15) is 42.9 Å². The van der Waals surface area contributed by atoms with E-state index < -0.39 is 0 Å². The molecule has 1 aromatic heterocycles. The fourth-order valence-corrected chi connectivity index (χ4v) is 4.33. The third-order valence-corrected chi connectivity index (χ3v) is 6.11. The number of rotatable bonds is 4. The van der Waals surface area contributed by atoms with Crippen molar-refractivity contribution in [3.63, 3.8) is 0 Å². The van der Waals surface area contributed by atoms with Crippen LogP contribution in [0.4, 0.5) is 0 Å². The standard InChI is InChI=1S/C23H30N4O2/c1-17-5-7-20(8-6-17)29-22-21(24-11-12-25-22)19-4-3-13-27(16-19)23(28)18-9-14-26(2)15-10-18/h5-8,11-12,18-19H,3-4,9-10,13-16H2,1-2H3/t19-/m1/s1. The molecule has 6 nitrogen and oxygen atoms in total. The summed E-state index contributed by atoms with van der Waals surface area (Å²) < 4.78 is 6.06. The molecule has 0 spiro atoms. The maximum atomic E-state index is 13.1. The molecule has 2 saturated heterocycles. The first-order valence-corrected chi connectivity index (χ1v) is 10.6. The lowest BCUT2D eigenvalue weighted by Gasteiger charge is -2.37. The summed E-state index contributed by atoms with van der Waals surface area (Å²) in [5.74, 6) is 1.94. The normalized spacial score (nSPS) is 21.2. The Balaban J connectivity index is 1.47. The molecule has 3 heterocycles. The van der Waals surface area contributed by atoms with Crippen LogP contribution in [-0.4, -0.2) is 58.9 Å². The number of aromatic nitrogens is 2. The molecule has 2 aliphatic rings. The number of carbonyl (C=O) groups is 1. The SMILES string of the molecule is Cc1ccc(Oc2nccnc2[C@@H]2CCCN(C(=O)C3CCN(C)CC3)C2)cc1. The lowest BCUT2D eigenvalue weighted by molar-refractivity contribution is -0.138. The summed E-state index contributed by atoms with van der Waals surface area (Å²) in [5, 5.41) is 0. The van der Waals surface area contributed by atoms with Crippen molar-refractivity contribution in [2.45, 2.75) is 38.5 Å². The van der Waals surface area contributed by atoms with Gasteiger partial charge in [0.15, 0.2) is 0 Å². The van der Waals surface area contributed by atoms with Gasteiger partial charge < -0.3 is 14.5 Å². The third kappa shape index (κ3) is 4.75. The average Bonchev–Trinajstić information content (AvgIpc) is 2.76. The number of amides is 1. The topological polar surface area (TPSA) is 58.6 Å². The number of hydrogen-bond donors (Lipinski definition) is 0. The second-order valence-corrected chi connectivity index (χ2v) is 8.36. The van der Waals surface area contributed by atoms with E-state index in [9.17, 15) is 4.79 Å². The molecule has 0 N–H and O–H groups in total. The molecule has 154 valence electrons. The van der Waals surface area contributed by atoms with Gasteiger partial charge in [0.2, 0.25) is 11.8 Å². The van der Waals surface area contributed by atoms with Crippen molar-refractivity contribution in [1.29, 1.82) is 0 Å². The van der Waals surface area contributed by atoms with E-state index in [0.29, 0.717) is 18.3 Å². The Kier molecular flexibility index (Phi) is 6.09. The molecule has 2 fully saturated rings. The van der Waals surface area contributed by atoms with Crippen LogP contribution in [0.5, 0.6) is 11.6 Å². The van der Waals surface area contributed by atoms with Gasteiger partial charge in [0.05, 0.1) is 0 Å². The molecule has 4 rings (SSSR count). The van der Waals surface area contributed by atoms with Gasteiger partial charge in [-0.25, -0.2) is 4.98 Å². The molecule has 0 saturated carbocycles. The number of benzene rings is 1. The van der Waals surface area contributed by atoms with Crippen molar-refractivity contribution < 1.29 is 9.53 Å². The molecule has 6 heteroatoms. The fourth-order valence-electron chi connectivity index (χ4n) is 4.33. The zero-order chi connectivity index (χ0) is 20.2.